The van der Waals surface area contributed by atoms with Crippen molar-refractivity contribution in [3.05, 3.63) is 23.2 Å². The fraction of sp³-hybridized carbons (Fsp3) is 0.417. The molecule has 0 radical (unpaired) electrons. The summed E-state index contributed by atoms with van der Waals surface area (Å²) in [4.78, 5) is 0. The normalized spacial score (nSPS) is 10.8. The van der Waals surface area contributed by atoms with Crippen molar-refractivity contribution in [3.63, 3.8) is 0 Å². The predicted octanol–water partition coefficient (Wildman–Crippen LogP) is 2.00. The highest BCUT2D eigenvalue weighted by atomic mass is 35.5. The molecule has 0 fully saturated rings. The number of hydrogen-bond acceptors (Lipinski definition) is 5. The molecule has 0 unspecified atom stereocenters. The molecule has 0 aliphatic carbocycles. The molecular weight excluding hydrogens is 266 g/mol. The van der Waals surface area contributed by atoms with E-state index in [0.717, 1.165) is 12.0 Å². The van der Waals surface area contributed by atoms with Gasteiger partial charge in [0.05, 0.1) is 0 Å². The lowest BCUT2D eigenvalue weighted by Gasteiger charge is -2.07. The fourth-order valence-corrected chi connectivity index (χ4v) is 1.90. The Balaban J connectivity index is 2.16. The van der Waals surface area contributed by atoms with Gasteiger partial charge in [0.1, 0.15) is 0 Å². The second kappa shape index (κ2) is 6.49. The van der Waals surface area contributed by atoms with Gasteiger partial charge in [0.15, 0.2) is 5.82 Å². The van der Waals surface area contributed by atoms with Crippen LogP contribution >= 0.6 is 11.6 Å². The van der Waals surface area contributed by atoms with E-state index in [0.29, 0.717) is 36.3 Å². The molecule has 0 spiro atoms. The maximum atomic E-state index is 5.98. The maximum absolute atomic E-state index is 5.98. The smallest absolute Gasteiger partial charge is 0.184 e. The van der Waals surface area contributed by atoms with E-state index in [2.05, 4.69) is 15.5 Å². The van der Waals surface area contributed by atoms with Gasteiger partial charge in [0.2, 0.25) is 0 Å². The summed E-state index contributed by atoms with van der Waals surface area (Å²) in [6, 6.07) is 5.25. The van der Waals surface area contributed by atoms with Gasteiger partial charge < -0.3 is 10.5 Å². The van der Waals surface area contributed by atoms with E-state index in [9.17, 15) is 0 Å². The summed E-state index contributed by atoms with van der Waals surface area (Å²) < 4.78 is 7.00. The van der Waals surface area contributed by atoms with Crippen LogP contribution in [-0.4, -0.2) is 33.4 Å². The topological polar surface area (TPSA) is 78.8 Å². The summed E-state index contributed by atoms with van der Waals surface area (Å²) >= 11 is 5.98. The molecule has 1 aromatic carbocycles. The molecule has 0 aliphatic heterocycles. The number of halogens is 1. The van der Waals surface area contributed by atoms with Crippen molar-refractivity contribution >= 4 is 17.3 Å². The Labute approximate surface area is 116 Å². The number of hydrogen-bond donors (Lipinski definition) is 1. The van der Waals surface area contributed by atoms with Crippen molar-refractivity contribution in [1.29, 1.82) is 0 Å². The molecule has 2 N–H and O–H groups in total. The molecule has 102 valence electrons. The number of nitrogens with two attached hydrogens (primary N) is 1. The SMILES string of the molecule is CCOCCCn1nnnc1-c1cc(Cl)ccc1N. The summed E-state index contributed by atoms with van der Waals surface area (Å²) in [7, 11) is 0. The minimum absolute atomic E-state index is 0.602. The highest BCUT2D eigenvalue weighted by Gasteiger charge is 2.12. The van der Waals surface area contributed by atoms with Crippen molar-refractivity contribution in [2.24, 2.45) is 0 Å². The predicted molar refractivity (Wildman–Crippen MR) is 73.8 cm³/mol. The lowest BCUT2D eigenvalue weighted by Crippen LogP contribution is -2.07. The number of nitrogens with zero attached hydrogens (tertiary/aromatic N) is 4. The number of rotatable bonds is 6. The second-order valence-electron chi connectivity index (χ2n) is 4.01. The van der Waals surface area contributed by atoms with Gasteiger partial charge in [-0.2, -0.15) is 0 Å². The van der Waals surface area contributed by atoms with Gasteiger partial charge >= 0.3 is 0 Å². The van der Waals surface area contributed by atoms with Crippen molar-refractivity contribution in [2.75, 3.05) is 18.9 Å². The second-order valence-corrected chi connectivity index (χ2v) is 4.44. The Hall–Kier alpha value is -1.66. The van der Waals surface area contributed by atoms with E-state index in [1.54, 1.807) is 22.9 Å². The van der Waals surface area contributed by atoms with Crippen molar-refractivity contribution < 1.29 is 4.74 Å². The molecule has 1 aromatic heterocycles. The largest absolute Gasteiger partial charge is 0.398 e. The van der Waals surface area contributed by atoms with E-state index in [1.165, 1.54) is 0 Å². The monoisotopic (exact) mass is 281 g/mol. The summed E-state index contributed by atoms with van der Waals surface area (Å²) in [6.45, 7) is 4.04. The zero-order valence-electron chi connectivity index (χ0n) is 10.7. The average Bonchev–Trinajstić information content (AvgIpc) is 2.86. The number of benzene rings is 1. The molecule has 0 atom stereocenters. The highest BCUT2D eigenvalue weighted by Crippen LogP contribution is 2.26. The molecule has 0 bridgehead atoms. The molecule has 7 heteroatoms. The van der Waals surface area contributed by atoms with E-state index < -0.39 is 0 Å². The van der Waals surface area contributed by atoms with Gasteiger partial charge in [-0.1, -0.05) is 11.6 Å². The molecule has 2 rings (SSSR count). The molecule has 0 amide bonds. The number of aromatic nitrogens is 4. The molecule has 0 saturated carbocycles. The average molecular weight is 282 g/mol. The third kappa shape index (κ3) is 3.42. The van der Waals surface area contributed by atoms with Crippen LogP contribution in [0.15, 0.2) is 18.2 Å². The summed E-state index contributed by atoms with van der Waals surface area (Å²) in [6.07, 6.45) is 0.840. The van der Waals surface area contributed by atoms with Crippen LogP contribution in [0, 0.1) is 0 Å². The van der Waals surface area contributed by atoms with Crippen LogP contribution < -0.4 is 5.73 Å². The third-order valence-electron chi connectivity index (χ3n) is 2.65. The maximum Gasteiger partial charge on any atom is 0.184 e. The number of ether oxygens (including phenoxy) is 1. The van der Waals surface area contributed by atoms with Crippen LogP contribution in [0.3, 0.4) is 0 Å². The lowest BCUT2D eigenvalue weighted by molar-refractivity contribution is 0.141. The number of nitrogen functional groups attached to an aromatic ring is 1. The summed E-state index contributed by atoms with van der Waals surface area (Å²) in [5.41, 5.74) is 7.28. The summed E-state index contributed by atoms with van der Waals surface area (Å²) in [5.74, 6) is 0.622. The Morgan fingerprint density at radius 3 is 3.05 bits per heavy atom. The highest BCUT2D eigenvalue weighted by molar-refractivity contribution is 6.31. The Morgan fingerprint density at radius 1 is 1.42 bits per heavy atom. The number of anilines is 1. The molecular formula is C12H16ClN5O. The summed E-state index contributed by atoms with van der Waals surface area (Å²) in [5, 5.41) is 12.3. The van der Waals surface area contributed by atoms with Crippen LogP contribution in [0.4, 0.5) is 5.69 Å². The van der Waals surface area contributed by atoms with E-state index in [-0.39, 0.29) is 0 Å². The molecule has 0 saturated heterocycles. The fourth-order valence-electron chi connectivity index (χ4n) is 1.73. The van der Waals surface area contributed by atoms with E-state index in [4.69, 9.17) is 22.1 Å². The zero-order valence-corrected chi connectivity index (χ0v) is 11.5. The van der Waals surface area contributed by atoms with Crippen LogP contribution in [0.2, 0.25) is 5.02 Å². The van der Waals surface area contributed by atoms with Crippen LogP contribution in [0.25, 0.3) is 11.4 Å². The van der Waals surface area contributed by atoms with Crippen LogP contribution in [-0.2, 0) is 11.3 Å². The van der Waals surface area contributed by atoms with E-state index in [1.807, 2.05) is 6.92 Å². The number of tetrazole rings is 1. The lowest BCUT2D eigenvalue weighted by atomic mass is 10.1. The molecule has 0 aliphatic rings. The molecule has 2 aromatic rings. The van der Waals surface area contributed by atoms with Gasteiger partial charge in [-0.05, 0) is 42.0 Å². The van der Waals surface area contributed by atoms with Crippen molar-refractivity contribution in [3.8, 4) is 11.4 Å². The van der Waals surface area contributed by atoms with Gasteiger partial charge in [-0.3, -0.25) is 0 Å². The first kappa shape index (κ1) is 13.8. The first-order valence-corrected chi connectivity index (χ1v) is 6.49. The minimum atomic E-state index is 0.602. The molecule has 6 nitrogen and oxygen atoms in total. The molecule has 1 heterocycles. The zero-order chi connectivity index (χ0) is 13.7. The Morgan fingerprint density at radius 2 is 2.26 bits per heavy atom. The Kier molecular flexibility index (Phi) is 4.70. The molecule has 19 heavy (non-hydrogen) atoms. The van der Waals surface area contributed by atoms with Gasteiger partial charge in [0, 0.05) is 36.0 Å². The van der Waals surface area contributed by atoms with Crippen LogP contribution in [0.1, 0.15) is 13.3 Å². The first-order valence-electron chi connectivity index (χ1n) is 6.11. The quantitative estimate of drug-likeness (QED) is 0.647. The third-order valence-corrected chi connectivity index (χ3v) is 2.89. The van der Waals surface area contributed by atoms with Crippen molar-refractivity contribution in [2.45, 2.75) is 19.9 Å². The van der Waals surface area contributed by atoms with Gasteiger partial charge in [-0.25, -0.2) is 4.68 Å². The first-order chi connectivity index (χ1) is 9.22. The van der Waals surface area contributed by atoms with Crippen molar-refractivity contribution in [1.82, 2.24) is 20.2 Å². The van der Waals surface area contributed by atoms with Crippen LogP contribution in [0.5, 0.6) is 0 Å². The number of aryl methyl sites for hydroxylation is 1. The van der Waals surface area contributed by atoms with Gasteiger partial charge in [-0.15, -0.1) is 5.10 Å². The van der Waals surface area contributed by atoms with E-state index >= 15 is 0 Å². The Bertz CT molecular complexity index is 543. The standard InChI is InChI=1S/C12H16ClN5O/c1-2-19-7-3-6-18-12(15-16-17-18)10-8-9(13)4-5-11(10)14/h4-5,8H,2-3,6-7,14H2,1H3. The minimum Gasteiger partial charge on any atom is -0.398 e. The van der Waals surface area contributed by atoms with Gasteiger partial charge in [0.25, 0.3) is 0 Å².